The van der Waals surface area contributed by atoms with Crippen LogP contribution in [0.1, 0.15) is 34.3 Å². The summed E-state index contributed by atoms with van der Waals surface area (Å²) in [4.78, 5) is 51.0. The Kier molecular flexibility index (Phi) is 7.14. The van der Waals surface area contributed by atoms with E-state index in [0.717, 1.165) is 5.56 Å². The summed E-state index contributed by atoms with van der Waals surface area (Å²) in [7, 11) is 1.47. The number of hydrogen-bond acceptors (Lipinski definition) is 8. The number of halogens is 3. The van der Waals surface area contributed by atoms with E-state index in [1.165, 1.54) is 18.1 Å². The number of aromatic nitrogens is 1. The van der Waals surface area contributed by atoms with Crippen molar-refractivity contribution in [2.75, 3.05) is 12.8 Å². The molecule has 2 aliphatic rings. The van der Waals surface area contributed by atoms with Gasteiger partial charge in [0.05, 0.1) is 12.7 Å². The fourth-order valence-electron chi connectivity index (χ4n) is 3.68. The van der Waals surface area contributed by atoms with Crippen LogP contribution in [0.4, 0.5) is 19.0 Å². The van der Waals surface area contributed by atoms with Gasteiger partial charge in [-0.3, -0.25) is 19.7 Å². The molecule has 1 atom stereocenters. The van der Waals surface area contributed by atoms with E-state index in [0.29, 0.717) is 29.0 Å². The number of carboxylic acids is 1. The van der Waals surface area contributed by atoms with E-state index in [1.807, 2.05) is 6.07 Å². The van der Waals surface area contributed by atoms with Gasteiger partial charge in [0.2, 0.25) is 11.8 Å². The number of carbonyl (C=O) groups excluding carboxylic acids is 3. The van der Waals surface area contributed by atoms with Gasteiger partial charge in [-0.1, -0.05) is 6.07 Å². The van der Waals surface area contributed by atoms with Gasteiger partial charge in [-0.2, -0.15) is 18.4 Å². The first-order chi connectivity index (χ1) is 16.9. The van der Waals surface area contributed by atoms with Crippen LogP contribution >= 0.6 is 0 Å². The van der Waals surface area contributed by atoms with E-state index in [-0.39, 0.29) is 36.2 Å². The summed E-state index contributed by atoms with van der Waals surface area (Å²) < 4.78 is 37.1. The van der Waals surface area contributed by atoms with Gasteiger partial charge in [-0.15, -0.1) is 0 Å². The van der Waals surface area contributed by atoms with Crippen LogP contribution in [0.15, 0.2) is 24.3 Å². The number of methoxy groups -OCH3 is 1. The Morgan fingerprint density at radius 3 is 2.53 bits per heavy atom. The SMILES string of the molecule is COc1cc(C#N)c(N)nc1-c1ccc2c(c1)CN(C1CCC(=O)NC1=O)C2=O.O=C(O)C(F)(F)F. The van der Waals surface area contributed by atoms with Crippen LogP contribution in [0.5, 0.6) is 5.75 Å². The molecule has 0 bridgehead atoms. The molecule has 4 N–H and O–H groups in total. The lowest BCUT2D eigenvalue weighted by Crippen LogP contribution is -2.52. The van der Waals surface area contributed by atoms with E-state index in [4.69, 9.17) is 25.6 Å². The van der Waals surface area contributed by atoms with Crippen molar-refractivity contribution >= 4 is 29.5 Å². The molecule has 1 aromatic carbocycles. The first-order valence-electron chi connectivity index (χ1n) is 10.2. The third-order valence-electron chi connectivity index (χ3n) is 5.40. The second kappa shape index (κ2) is 9.90. The van der Waals surface area contributed by atoms with Crippen molar-refractivity contribution in [2.24, 2.45) is 0 Å². The van der Waals surface area contributed by atoms with Gasteiger partial charge in [0.25, 0.3) is 5.91 Å². The monoisotopic (exact) mass is 505 g/mol. The maximum Gasteiger partial charge on any atom is 0.490 e. The molecule has 0 radical (unpaired) electrons. The lowest BCUT2D eigenvalue weighted by atomic mass is 10.0. The molecule has 3 amide bonds. The summed E-state index contributed by atoms with van der Waals surface area (Å²) in [6, 6.07) is 8.01. The molecule has 1 unspecified atom stereocenters. The molecule has 1 aromatic heterocycles. The van der Waals surface area contributed by atoms with Gasteiger partial charge in [0.1, 0.15) is 29.4 Å². The van der Waals surface area contributed by atoms with E-state index >= 15 is 0 Å². The Balaban J connectivity index is 0.000000454. The molecule has 2 aliphatic heterocycles. The number of alkyl halides is 3. The molecule has 4 rings (SSSR count). The van der Waals surface area contributed by atoms with Crippen molar-refractivity contribution in [3.63, 3.8) is 0 Å². The highest BCUT2D eigenvalue weighted by molar-refractivity contribution is 6.05. The topological polar surface area (TPSA) is 176 Å². The fourth-order valence-corrected chi connectivity index (χ4v) is 3.68. The number of rotatable bonds is 3. The lowest BCUT2D eigenvalue weighted by molar-refractivity contribution is -0.192. The summed E-state index contributed by atoms with van der Waals surface area (Å²) in [5, 5.41) is 18.5. The molecule has 0 aliphatic carbocycles. The number of nitrogen functional groups attached to an aromatic ring is 1. The normalized spacial score (nSPS) is 16.9. The van der Waals surface area contributed by atoms with Crippen LogP contribution in [-0.4, -0.2) is 58.0 Å². The first-order valence-corrected chi connectivity index (χ1v) is 10.2. The van der Waals surface area contributed by atoms with Crippen LogP contribution in [0, 0.1) is 11.3 Å². The van der Waals surface area contributed by atoms with Crippen molar-refractivity contribution in [3.8, 4) is 23.1 Å². The van der Waals surface area contributed by atoms with Crippen LogP contribution in [0.25, 0.3) is 11.3 Å². The fraction of sp³-hybridized carbons (Fsp3) is 0.273. The quantitative estimate of drug-likeness (QED) is 0.523. The number of imide groups is 1. The highest BCUT2D eigenvalue weighted by atomic mass is 19.4. The number of pyridine rings is 1. The van der Waals surface area contributed by atoms with Crippen LogP contribution in [-0.2, 0) is 20.9 Å². The number of amides is 3. The molecule has 0 spiro atoms. The highest BCUT2D eigenvalue weighted by Gasteiger charge is 2.39. The number of hydrogen-bond donors (Lipinski definition) is 3. The van der Waals surface area contributed by atoms with Crippen molar-refractivity contribution in [3.05, 3.63) is 41.0 Å². The molecule has 0 saturated carbocycles. The highest BCUT2D eigenvalue weighted by Crippen LogP contribution is 2.35. The van der Waals surface area contributed by atoms with Gasteiger partial charge in [0, 0.05) is 30.2 Å². The number of benzene rings is 1. The number of nitriles is 1. The Morgan fingerprint density at radius 2 is 1.97 bits per heavy atom. The summed E-state index contributed by atoms with van der Waals surface area (Å²) in [5.74, 6) is -3.31. The minimum atomic E-state index is -5.08. The number of nitrogens with zero attached hydrogens (tertiary/aromatic N) is 3. The third-order valence-corrected chi connectivity index (χ3v) is 5.40. The first kappa shape index (κ1) is 25.9. The summed E-state index contributed by atoms with van der Waals surface area (Å²) >= 11 is 0. The molecular formula is C22H18F3N5O6. The molecule has 11 nitrogen and oxygen atoms in total. The molecule has 1 saturated heterocycles. The van der Waals surface area contributed by atoms with Gasteiger partial charge in [-0.25, -0.2) is 9.78 Å². The minimum Gasteiger partial charge on any atom is -0.494 e. The maximum absolute atomic E-state index is 12.8. The zero-order valence-corrected chi connectivity index (χ0v) is 18.5. The second-order valence-electron chi connectivity index (χ2n) is 7.66. The van der Waals surface area contributed by atoms with E-state index < -0.39 is 24.1 Å². The Labute approximate surface area is 201 Å². The molecule has 188 valence electrons. The smallest absolute Gasteiger partial charge is 0.490 e. The van der Waals surface area contributed by atoms with Crippen molar-refractivity contribution in [2.45, 2.75) is 31.6 Å². The average Bonchev–Trinajstić information content (AvgIpc) is 3.14. The van der Waals surface area contributed by atoms with E-state index in [2.05, 4.69) is 10.3 Å². The number of aliphatic carboxylic acids is 1. The van der Waals surface area contributed by atoms with E-state index in [9.17, 15) is 27.6 Å². The molecule has 1 fully saturated rings. The van der Waals surface area contributed by atoms with Crippen LogP contribution < -0.4 is 15.8 Å². The predicted octanol–water partition coefficient (Wildman–Crippen LogP) is 1.61. The number of fused-ring (bicyclic) bond motifs is 1. The lowest BCUT2D eigenvalue weighted by Gasteiger charge is -2.29. The zero-order chi connectivity index (χ0) is 26.8. The second-order valence-corrected chi connectivity index (χ2v) is 7.66. The molecule has 3 heterocycles. The number of nitrogens with two attached hydrogens (primary N) is 1. The third kappa shape index (κ3) is 5.19. The van der Waals surface area contributed by atoms with Gasteiger partial charge in [-0.05, 0) is 24.1 Å². The Hall–Kier alpha value is -4.67. The van der Waals surface area contributed by atoms with Gasteiger partial charge in [0.15, 0.2) is 0 Å². The standard InChI is InChI=1S/C20H17N5O4.C2HF3O2/c1-29-15-7-11(8-21)18(22)24-17(15)10-2-3-13-12(6-10)9-25(20(13)28)14-4-5-16(26)23-19(14)27;3-2(4,5)1(6)7/h2-3,6-7,14H,4-5,9H2,1H3,(H2,22,24)(H,23,26,27);(H,6,7). The molecule has 36 heavy (non-hydrogen) atoms. The number of nitrogens with one attached hydrogen (secondary N) is 1. The number of anilines is 1. The summed E-state index contributed by atoms with van der Waals surface area (Å²) in [6.45, 7) is 0.252. The predicted molar refractivity (Wildman–Crippen MR) is 115 cm³/mol. The van der Waals surface area contributed by atoms with Crippen molar-refractivity contribution < 1.29 is 42.2 Å². The number of piperidine rings is 1. The summed E-state index contributed by atoms with van der Waals surface area (Å²) in [6.07, 6.45) is -4.58. The Bertz CT molecular complexity index is 1300. The van der Waals surface area contributed by atoms with E-state index in [1.54, 1.807) is 18.2 Å². The van der Waals surface area contributed by atoms with Crippen molar-refractivity contribution in [1.82, 2.24) is 15.2 Å². The maximum atomic E-state index is 12.8. The number of carboxylic acid groups (broad SMARTS) is 1. The molecule has 14 heteroatoms. The zero-order valence-electron chi connectivity index (χ0n) is 18.5. The van der Waals surface area contributed by atoms with Crippen LogP contribution in [0.2, 0.25) is 0 Å². The largest absolute Gasteiger partial charge is 0.494 e. The van der Waals surface area contributed by atoms with Crippen molar-refractivity contribution in [1.29, 1.82) is 5.26 Å². The average molecular weight is 505 g/mol. The van der Waals surface area contributed by atoms with Crippen LogP contribution in [0.3, 0.4) is 0 Å². The number of ether oxygens (including phenoxy) is 1. The van der Waals surface area contributed by atoms with Gasteiger partial charge >= 0.3 is 12.1 Å². The number of carbonyl (C=O) groups is 4. The minimum absolute atomic E-state index is 0.0880. The molecular weight excluding hydrogens is 487 g/mol. The Morgan fingerprint density at radius 1 is 1.31 bits per heavy atom. The molecule has 2 aromatic rings. The van der Waals surface area contributed by atoms with Gasteiger partial charge < -0.3 is 20.5 Å². The summed E-state index contributed by atoms with van der Waals surface area (Å²) in [5.41, 5.74) is 8.44.